The molecule has 3 rings (SSSR count). The number of nitrogens with two attached hydrogens (primary N) is 1. The highest BCUT2D eigenvalue weighted by Crippen LogP contribution is 2.36. The van der Waals surface area contributed by atoms with Gasteiger partial charge in [0, 0.05) is 25.0 Å². The normalized spacial score (nSPS) is 28.3. The molecule has 1 aromatic carbocycles. The summed E-state index contributed by atoms with van der Waals surface area (Å²) >= 11 is 0. The van der Waals surface area contributed by atoms with Gasteiger partial charge in [0.2, 0.25) is 0 Å². The van der Waals surface area contributed by atoms with Crippen molar-refractivity contribution in [2.75, 3.05) is 13.2 Å². The van der Waals surface area contributed by atoms with Crippen LogP contribution in [0.4, 0.5) is 0 Å². The van der Waals surface area contributed by atoms with Crippen LogP contribution >= 0.6 is 0 Å². The van der Waals surface area contributed by atoms with Crippen LogP contribution in [0.5, 0.6) is 0 Å². The molecule has 3 atom stereocenters. The Kier molecular flexibility index (Phi) is 4.41. The van der Waals surface area contributed by atoms with Gasteiger partial charge in [0.05, 0.1) is 12.7 Å². The van der Waals surface area contributed by atoms with E-state index in [2.05, 4.69) is 22.2 Å². The third-order valence-electron chi connectivity index (χ3n) is 4.64. The highest BCUT2D eigenvalue weighted by Gasteiger charge is 2.39. The van der Waals surface area contributed by atoms with E-state index in [-0.39, 0.29) is 11.9 Å². The van der Waals surface area contributed by atoms with Gasteiger partial charge in [-0.25, -0.2) is 0 Å². The number of oxime groups is 1. The van der Waals surface area contributed by atoms with Crippen LogP contribution in [-0.4, -0.2) is 41.2 Å². The molecule has 1 heterocycles. The standard InChI is InChI=1S/C16H23N3O2/c17-16(18-20)11-14(12-5-2-1-3-6-12)19-9-10-21-15-8-4-7-13(15)19/h1-3,5-6,13-15,20H,4,7-11H2,(H2,17,18). The van der Waals surface area contributed by atoms with Crippen LogP contribution in [0.1, 0.15) is 37.3 Å². The van der Waals surface area contributed by atoms with Gasteiger partial charge in [0.25, 0.3) is 0 Å². The Bertz CT molecular complexity index is 492. The molecule has 2 aliphatic rings. The topological polar surface area (TPSA) is 71.1 Å². The molecular weight excluding hydrogens is 266 g/mol. The van der Waals surface area contributed by atoms with Gasteiger partial charge in [0.1, 0.15) is 5.84 Å². The van der Waals surface area contributed by atoms with Gasteiger partial charge in [-0.1, -0.05) is 35.5 Å². The molecule has 1 aromatic rings. The number of rotatable bonds is 4. The number of fused-ring (bicyclic) bond motifs is 1. The summed E-state index contributed by atoms with van der Waals surface area (Å²) in [6.45, 7) is 1.67. The molecule has 0 spiro atoms. The van der Waals surface area contributed by atoms with E-state index < -0.39 is 0 Å². The molecule has 21 heavy (non-hydrogen) atoms. The zero-order valence-corrected chi connectivity index (χ0v) is 12.2. The van der Waals surface area contributed by atoms with E-state index >= 15 is 0 Å². The maximum Gasteiger partial charge on any atom is 0.141 e. The number of hydrogen-bond donors (Lipinski definition) is 2. The molecule has 114 valence electrons. The summed E-state index contributed by atoms with van der Waals surface area (Å²) in [4.78, 5) is 2.49. The predicted molar refractivity (Wildman–Crippen MR) is 81.3 cm³/mol. The molecular formula is C16H23N3O2. The highest BCUT2D eigenvalue weighted by molar-refractivity contribution is 5.80. The van der Waals surface area contributed by atoms with Crippen molar-refractivity contribution in [3.05, 3.63) is 35.9 Å². The zero-order valence-electron chi connectivity index (χ0n) is 12.2. The smallest absolute Gasteiger partial charge is 0.141 e. The second kappa shape index (κ2) is 6.45. The maximum atomic E-state index is 8.94. The number of benzene rings is 1. The lowest BCUT2D eigenvalue weighted by Crippen LogP contribution is -2.50. The fraction of sp³-hybridized carbons (Fsp3) is 0.562. The Morgan fingerprint density at radius 3 is 2.95 bits per heavy atom. The van der Waals surface area contributed by atoms with Crippen LogP contribution in [0.2, 0.25) is 0 Å². The number of morpholine rings is 1. The average molecular weight is 289 g/mol. The van der Waals surface area contributed by atoms with Gasteiger partial charge < -0.3 is 15.7 Å². The van der Waals surface area contributed by atoms with Crippen molar-refractivity contribution in [1.82, 2.24) is 4.90 Å². The van der Waals surface area contributed by atoms with Gasteiger partial charge in [-0.3, -0.25) is 4.90 Å². The average Bonchev–Trinajstić information content (AvgIpc) is 3.02. The first kappa shape index (κ1) is 14.4. The van der Waals surface area contributed by atoms with Crippen LogP contribution in [-0.2, 0) is 4.74 Å². The van der Waals surface area contributed by atoms with Gasteiger partial charge in [-0.05, 0) is 24.8 Å². The molecule has 0 bridgehead atoms. The van der Waals surface area contributed by atoms with Crippen molar-refractivity contribution in [2.24, 2.45) is 10.9 Å². The minimum absolute atomic E-state index is 0.150. The van der Waals surface area contributed by atoms with Crippen molar-refractivity contribution >= 4 is 5.84 Å². The minimum Gasteiger partial charge on any atom is -0.409 e. The molecule has 0 amide bonds. The van der Waals surface area contributed by atoms with E-state index in [1.54, 1.807) is 0 Å². The van der Waals surface area contributed by atoms with Crippen LogP contribution in [0.3, 0.4) is 0 Å². The molecule has 5 heteroatoms. The number of nitrogens with zero attached hydrogens (tertiary/aromatic N) is 2. The largest absolute Gasteiger partial charge is 0.409 e. The number of amidine groups is 1. The van der Waals surface area contributed by atoms with Crippen LogP contribution < -0.4 is 5.73 Å². The third-order valence-corrected chi connectivity index (χ3v) is 4.64. The Hall–Kier alpha value is -1.59. The first-order chi connectivity index (χ1) is 10.3. The molecule has 1 aliphatic heterocycles. The maximum absolute atomic E-state index is 8.94. The highest BCUT2D eigenvalue weighted by atomic mass is 16.5. The molecule has 3 N–H and O–H groups in total. The summed E-state index contributed by atoms with van der Waals surface area (Å²) < 4.78 is 5.90. The molecule has 0 aromatic heterocycles. The van der Waals surface area contributed by atoms with E-state index in [0.29, 0.717) is 18.6 Å². The molecule has 2 fully saturated rings. The summed E-state index contributed by atoms with van der Waals surface area (Å²) in [5, 5.41) is 12.1. The van der Waals surface area contributed by atoms with E-state index in [4.69, 9.17) is 15.7 Å². The molecule has 3 unspecified atom stereocenters. The second-order valence-electron chi connectivity index (χ2n) is 5.87. The predicted octanol–water partition coefficient (Wildman–Crippen LogP) is 2.12. The van der Waals surface area contributed by atoms with Crippen LogP contribution in [0.25, 0.3) is 0 Å². The lowest BCUT2D eigenvalue weighted by molar-refractivity contribution is -0.0716. The SMILES string of the molecule is NC(CC(c1ccccc1)N1CCOC2CCCC21)=NO. The number of ether oxygens (including phenoxy) is 1. The van der Waals surface area contributed by atoms with Gasteiger partial charge in [-0.2, -0.15) is 0 Å². The van der Waals surface area contributed by atoms with Gasteiger partial charge in [0.15, 0.2) is 0 Å². The summed E-state index contributed by atoms with van der Waals surface area (Å²) in [5.41, 5.74) is 7.02. The Labute approximate surface area is 125 Å². The molecule has 1 saturated heterocycles. The lowest BCUT2D eigenvalue weighted by Gasteiger charge is -2.42. The van der Waals surface area contributed by atoms with Crippen molar-refractivity contribution < 1.29 is 9.94 Å². The van der Waals surface area contributed by atoms with Crippen molar-refractivity contribution in [3.63, 3.8) is 0 Å². The first-order valence-electron chi connectivity index (χ1n) is 7.68. The number of hydrogen-bond acceptors (Lipinski definition) is 4. The van der Waals surface area contributed by atoms with Gasteiger partial charge in [-0.15, -0.1) is 0 Å². The van der Waals surface area contributed by atoms with E-state index in [9.17, 15) is 0 Å². The van der Waals surface area contributed by atoms with Crippen molar-refractivity contribution in [3.8, 4) is 0 Å². The summed E-state index contributed by atoms with van der Waals surface area (Å²) in [7, 11) is 0. The third kappa shape index (κ3) is 3.04. The molecule has 1 aliphatic carbocycles. The molecule has 5 nitrogen and oxygen atoms in total. The minimum atomic E-state index is 0.150. The van der Waals surface area contributed by atoms with Crippen LogP contribution in [0, 0.1) is 0 Å². The van der Waals surface area contributed by atoms with Crippen molar-refractivity contribution in [1.29, 1.82) is 0 Å². The molecule has 1 saturated carbocycles. The molecule has 0 radical (unpaired) electrons. The monoisotopic (exact) mass is 289 g/mol. The Morgan fingerprint density at radius 2 is 2.19 bits per heavy atom. The summed E-state index contributed by atoms with van der Waals surface area (Å²) in [6.07, 6.45) is 4.43. The lowest BCUT2D eigenvalue weighted by atomic mass is 9.97. The fourth-order valence-corrected chi connectivity index (χ4v) is 3.68. The van der Waals surface area contributed by atoms with Crippen molar-refractivity contribution in [2.45, 2.75) is 43.9 Å². The van der Waals surface area contributed by atoms with Gasteiger partial charge >= 0.3 is 0 Å². The quantitative estimate of drug-likeness (QED) is 0.385. The Morgan fingerprint density at radius 1 is 1.38 bits per heavy atom. The summed E-state index contributed by atoms with van der Waals surface area (Å²) in [6, 6.07) is 10.9. The summed E-state index contributed by atoms with van der Waals surface area (Å²) in [5.74, 6) is 0.282. The van der Waals surface area contributed by atoms with E-state index in [1.807, 2.05) is 18.2 Å². The van der Waals surface area contributed by atoms with E-state index in [1.165, 1.54) is 18.4 Å². The van der Waals surface area contributed by atoms with Crippen LogP contribution in [0.15, 0.2) is 35.5 Å². The zero-order chi connectivity index (χ0) is 14.7. The second-order valence-corrected chi connectivity index (χ2v) is 5.87. The fourth-order valence-electron chi connectivity index (χ4n) is 3.68. The first-order valence-corrected chi connectivity index (χ1v) is 7.68. The Balaban J connectivity index is 1.87. The van der Waals surface area contributed by atoms with E-state index in [0.717, 1.165) is 19.6 Å².